The molecule has 0 radical (unpaired) electrons. The first kappa shape index (κ1) is 17.0. The number of amides is 1. The summed E-state index contributed by atoms with van der Waals surface area (Å²) < 4.78 is 51.6. The Morgan fingerprint density at radius 1 is 1.15 bits per heavy atom. The maximum atomic E-state index is 13.8. The fraction of sp³-hybridized carbons (Fsp3) is 0.417. The van der Waals surface area contributed by atoms with E-state index in [2.05, 4.69) is 0 Å². The molecule has 0 aromatic heterocycles. The lowest BCUT2D eigenvalue weighted by molar-refractivity contribution is -0.140. The third-order valence-electron chi connectivity index (χ3n) is 2.53. The highest BCUT2D eigenvalue weighted by Crippen LogP contribution is 2.32. The number of alkyl halides is 5. The van der Waals surface area contributed by atoms with Crippen LogP contribution in [-0.4, -0.2) is 35.7 Å². The van der Waals surface area contributed by atoms with E-state index in [1.807, 2.05) is 0 Å². The first-order valence-electron chi connectivity index (χ1n) is 5.59. The predicted octanol–water partition coefficient (Wildman–Crippen LogP) is 3.76. The average molecular weight is 332 g/mol. The summed E-state index contributed by atoms with van der Waals surface area (Å²) in [5.41, 5.74) is -2.12. The van der Waals surface area contributed by atoms with Gasteiger partial charge in [0.1, 0.15) is 5.82 Å². The average Bonchev–Trinajstić information content (AvgIpc) is 2.36. The summed E-state index contributed by atoms with van der Waals surface area (Å²) in [6, 6.07) is 2.57. The molecule has 0 fully saturated rings. The van der Waals surface area contributed by atoms with E-state index in [9.17, 15) is 22.4 Å². The van der Waals surface area contributed by atoms with Gasteiger partial charge in [-0.15, -0.1) is 23.2 Å². The lowest BCUT2D eigenvalue weighted by Crippen LogP contribution is -2.35. The number of benzene rings is 1. The molecule has 0 N–H and O–H groups in total. The lowest BCUT2D eigenvalue weighted by Gasteiger charge is -2.21. The number of hydrogen-bond acceptors (Lipinski definition) is 1. The molecular formula is C12H11Cl2F4NO. The Hall–Kier alpha value is -1.01. The third-order valence-corrected chi connectivity index (χ3v) is 2.87. The number of carbonyl (C=O) groups is 1. The fourth-order valence-electron chi connectivity index (χ4n) is 1.61. The van der Waals surface area contributed by atoms with Crippen LogP contribution in [-0.2, 0) is 6.18 Å². The molecular weight excluding hydrogens is 321 g/mol. The highest BCUT2D eigenvalue weighted by Gasteiger charge is 2.36. The number of rotatable bonds is 5. The van der Waals surface area contributed by atoms with Crippen molar-refractivity contribution >= 4 is 29.1 Å². The summed E-state index contributed by atoms with van der Waals surface area (Å²) >= 11 is 11.0. The van der Waals surface area contributed by atoms with Crippen molar-refractivity contribution in [2.24, 2.45) is 0 Å². The second-order valence-corrected chi connectivity index (χ2v) is 4.59. The number of carbonyl (C=O) groups excluding carboxylic acids is 1. The second-order valence-electron chi connectivity index (χ2n) is 3.84. The van der Waals surface area contributed by atoms with Gasteiger partial charge < -0.3 is 4.90 Å². The van der Waals surface area contributed by atoms with Crippen molar-refractivity contribution in [3.63, 3.8) is 0 Å². The minimum absolute atomic E-state index is 0.0722. The van der Waals surface area contributed by atoms with Crippen molar-refractivity contribution in [2.75, 3.05) is 24.8 Å². The molecule has 0 saturated heterocycles. The van der Waals surface area contributed by atoms with E-state index in [-0.39, 0.29) is 24.8 Å². The molecule has 2 nitrogen and oxygen atoms in total. The Balaban J connectivity index is 3.16. The summed E-state index contributed by atoms with van der Waals surface area (Å²) in [5, 5.41) is 0. The molecule has 0 unspecified atom stereocenters. The van der Waals surface area contributed by atoms with Gasteiger partial charge in [-0.2, -0.15) is 13.2 Å². The quantitative estimate of drug-likeness (QED) is 0.594. The lowest BCUT2D eigenvalue weighted by atomic mass is 10.1. The molecule has 0 atom stereocenters. The van der Waals surface area contributed by atoms with Gasteiger partial charge in [-0.3, -0.25) is 4.79 Å². The Morgan fingerprint density at radius 3 is 2.15 bits per heavy atom. The van der Waals surface area contributed by atoms with Crippen molar-refractivity contribution in [1.82, 2.24) is 4.90 Å². The zero-order chi connectivity index (χ0) is 15.3. The molecule has 0 aliphatic rings. The van der Waals surface area contributed by atoms with E-state index in [0.29, 0.717) is 6.07 Å². The molecule has 1 rings (SSSR count). The van der Waals surface area contributed by atoms with E-state index < -0.39 is 29.0 Å². The topological polar surface area (TPSA) is 20.3 Å². The van der Waals surface area contributed by atoms with E-state index >= 15 is 0 Å². The molecule has 1 aromatic carbocycles. The minimum atomic E-state index is -4.86. The summed E-state index contributed by atoms with van der Waals surface area (Å²) in [4.78, 5) is 13.1. The van der Waals surface area contributed by atoms with Crippen molar-refractivity contribution in [1.29, 1.82) is 0 Å². The molecule has 0 aliphatic heterocycles. The first-order chi connectivity index (χ1) is 9.32. The second kappa shape index (κ2) is 7.13. The van der Waals surface area contributed by atoms with E-state index in [0.717, 1.165) is 17.0 Å². The van der Waals surface area contributed by atoms with Crippen molar-refractivity contribution in [3.05, 3.63) is 35.1 Å². The fourth-order valence-corrected chi connectivity index (χ4v) is 2.01. The Labute approximate surface area is 123 Å². The van der Waals surface area contributed by atoms with Crippen LogP contribution in [0.4, 0.5) is 17.6 Å². The monoisotopic (exact) mass is 331 g/mol. The molecule has 0 aliphatic carbocycles. The molecule has 0 bridgehead atoms. The van der Waals surface area contributed by atoms with Gasteiger partial charge in [-0.05, 0) is 12.1 Å². The van der Waals surface area contributed by atoms with Crippen LogP contribution in [0, 0.1) is 5.82 Å². The normalized spacial score (nSPS) is 11.5. The molecule has 20 heavy (non-hydrogen) atoms. The smallest absolute Gasteiger partial charge is 0.336 e. The summed E-state index contributed by atoms with van der Waals surface area (Å²) in [6.45, 7) is 0.144. The number of hydrogen-bond donors (Lipinski definition) is 0. The van der Waals surface area contributed by atoms with Crippen LogP contribution in [0.3, 0.4) is 0 Å². The van der Waals surface area contributed by atoms with E-state index in [1.54, 1.807) is 0 Å². The molecule has 8 heteroatoms. The Morgan fingerprint density at radius 2 is 1.70 bits per heavy atom. The minimum Gasteiger partial charge on any atom is -0.336 e. The van der Waals surface area contributed by atoms with Crippen LogP contribution < -0.4 is 0 Å². The van der Waals surface area contributed by atoms with Gasteiger partial charge in [0, 0.05) is 24.8 Å². The molecule has 0 saturated carbocycles. The zero-order valence-corrected chi connectivity index (χ0v) is 11.7. The largest absolute Gasteiger partial charge is 0.419 e. The van der Waals surface area contributed by atoms with Crippen molar-refractivity contribution in [2.45, 2.75) is 6.18 Å². The van der Waals surface area contributed by atoms with Gasteiger partial charge in [-0.25, -0.2) is 4.39 Å². The van der Waals surface area contributed by atoms with Crippen LogP contribution in [0.1, 0.15) is 15.9 Å². The molecule has 112 valence electrons. The SMILES string of the molecule is O=C(c1cccc(C(F)(F)F)c1F)N(CCCl)CCCl. The maximum Gasteiger partial charge on any atom is 0.419 e. The van der Waals surface area contributed by atoms with Gasteiger partial charge in [0.15, 0.2) is 0 Å². The van der Waals surface area contributed by atoms with Crippen molar-refractivity contribution in [3.8, 4) is 0 Å². The molecule has 0 spiro atoms. The maximum absolute atomic E-state index is 13.8. The van der Waals surface area contributed by atoms with Crippen LogP contribution in [0.15, 0.2) is 18.2 Å². The Kier molecular flexibility index (Phi) is 6.07. The standard InChI is InChI=1S/C12H11Cl2F4NO/c13-4-6-19(7-5-14)11(20)8-2-1-3-9(10(8)15)12(16,17)18/h1-3H,4-7H2. The summed E-state index contributed by atoms with van der Waals surface area (Å²) in [6.07, 6.45) is -4.86. The first-order valence-corrected chi connectivity index (χ1v) is 6.66. The van der Waals surface area contributed by atoms with Gasteiger partial charge in [0.05, 0.1) is 11.1 Å². The Bertz CT molecular complexity index is 473. The molecule has 0 heterocycles. The highest BCUT2D eigenvalue weighted by atomic mass is 35.5. The number of halogens is 6. The number of nitrogens with zero attached hydrogens (tertiary/aromatic N) is 1. The predicted molar refractivity (Wildman–Crippen MR) is 68.7 cm³/mol. The van der Waals surface area contributed by atoms with E-state index in [4.69, 9.17) is 23.2 Å². The van der Waals surface area contributed by atoms with Crippen LogP contribution in [0.5, 0.6) is 0 Å². The van der Waals surface area contributed by atoms with Crippen molar-refractivity contribution < 1.29 is 22.4 Å². The van der Waals surface area contributed by atoms with Gasteiger partial charge >= 0.3 is 6.18 Å². The van der Waals surface area contributed by atoms with Gasteiger partial charge in [-0.1, -0.05) is 6.07 Å². The van der Waals surface area contributed by atoms with Crippen LogP contribution in [0.25, 0.3) is 0 Å². The van der Waals surface area contributed by atoms with Crippen LogP contribution in [0.2, 0.25) is 0 Å². The summed E-state index contributed by atoms with van der Waals surface area (Å²) in [5.74, 6) is -2.30. The molecule has 1 amide bonds. The third kappa shape index (κ3) is 3.99. The van der Waals surface area contributed by atoms with Gasteiger partial charge in [0.25, 0.3) is 5.91 Å². The van der Waals surface area contributed by atoms with Crippen LogP contribution >= 0.6 is 23.2 Å². The van der Waals surface area contributed by atoms with Gasteiger partial charge in [0.2, 0.25) is 0 Å². The van der Waals surface area contributed by atoms with E-state index in [1.165, 1.54) is 0 Å². The summed E-state index contributed by atoms with van der Waals surface area (Å²) in [7, 11) is 0. The highest BCUT2D eigenvalue weighted by molar-refractivity contribution is 6.18. The molecule has 1 aromatic rings. The zero-order valence-electron chi connectivity index (χ0n) is 10.2.